The summed E-state index contributed by atoms with van der Waals surface area (Å²) in [6.07, 6.45) is -1.12. The maximum absolute atomic E-state index is 12.8. The van der Waals surface area contributed by atoms with Crippen LogP contribution in [0.25, 0.3) is 11.3 Å². The van der Waals surface area contributed by atoms with E-state index in [1.54, 1.807) is 12.1 Å². The van der Waals surface area contributed by atoms with Crippen LogP contribution in [0.2, 0.25) is 0 Å². The van der Waals surface area contributed by atoms with E-state index in [1.165, 1.54) is 18.3 Å². The number of aromatic nitrogens is 1. The van der Waals surface area contributed by atoms with Crippen molar-refractivity contribution in [2.24, 2.45) is 12.1 Å². The molecule has 140 valence electrons. The van der Waals surface area contributed by atoms with Crippen molar-refractivity contribution in [2.45, 2.75) is 12.6 Å². The van der Waals surface area contributed by atoms with Crippen LogP contribution in [0, 0.1) is 0 Å². The molecule has 0 aliphatic heterocycles. The maximum atomic E-state index is 12.8. The molecule has 8 heteroatoms. The first-order valence-electron chi connectivity index (χ1n) is 8.02. The summed E-state index contributed by atoms with van der Waals surface area (Å²) in [6, 6.07) is 11.6. The van der Waals surface area contributed by atoms with Crippen molar-refractivity contribution in [2.75, 3.05) is 0 Å². The van der Waals surface area contributed by atoms with Gasteiger partial charge in [0, 0.05) is 24.5 Å². The van der Waals surface area contributed by atoms with E-state index >= 15 is 0 Å². The molecule has 0 fully saturated rings. The Hall–Kier alpha value is -3.29. The molecule has 27 heavy (non-hydrogen) atoms. The van der Waals surface area contributed by atoms with Crippen LogP contribution in [0.5, 0.6) is 0 Å². The SMILES string of the molecule is Cn1cccc1CC(=O)N/N=C\c1ccc(-c2cccc(C(F)(F)F)c2)o1. The predicted octanol–water partition coefficient (Wildman–Crippen LogP) is 4.00. The number of hydrogen-bond donors (Lipinski definition) is 1. The van der Waals surface area contributed by atoms with Gasteiger partial charge in [0.05, 0.1) is 18.2 Å². The highest BCUT2D eigenvalue weighted by molar-refractivity contribution is 5.82. The smallest absolute Gasteiger partial charge is 0.416 e. The lowest BCUT2D eigenvalue weighted by Gasteiger charge is -2.07. The van der Waals surface area contributed by atoms with Gasteiger partial charge in [0.15, 0.2) is 0 Å². The maximum Gasteiger partial charge on any atom is 0.416 e. The summed E-state index contributed by atoms with van der Waals surface area (Å²) in [7, 11) is 1.84. The standard InChI is InChI=1S/C19H16F3N3O2/c1-25-9-3-6-15(25)11-18(26)24-23-12-16-7-8-17(27-16)13-4-2-5-14(10-13)19(20,21)22/h2-10,12H,11H2,1H3,(H,24,26)/b23-12-. The van der Waals surface area contributed by atoms with E-state index in [0.717, 1.165) is 17.8 Å². The molecule has 0 saturated carbocycles. The zero-order valence-electron chi connectivity index (χ0n) is 14.3. The van der Waals surface area contributed by atoms with Gasteiger partial charge in [-0.3, -0.25) is 4.79 Å². The summed E-state index contributed by atoms with van der Waals surface area (Å²) in [4.78, 5) is 11.8. The first-order valence-corrected chi connectivity index (χ1v) is 8.02. The number of carbonyl (C=O) groups excluding carboxylic acids is 1. The Morgan fingerprint density at radius 2 is 2.04 bits per heavy atom. The summed E-state index contributed by atoms with van der Waals surface area (Å²) >= 11 is 0. The Balaban J connectivity index is 1.63. The molecular weight excluding hydrogens is 359 g/mol. The second-order valence-electron chi connectivity index (χ2n) is 5.86. The van der Waals surface area contributed by atoms with Gasteiger partial charge in [-0.25, -0.2) is 5.43 Å². The number of alkyl halides is 3. The van der Waals surface area contributed by atoms with Crippen LogP contribution in [-0.2, 0) is 24.4 Å². The van der Waals surface area contributed by atoms with Crippen LogP contribution in [0.15, 0.2) is 64.2 Å². The fourth-order valence-electron chi connectivity index (χ4n) is 2.48. The highest BCUT2D eigenvalue weighted by atomic mass is 19.4. The van der Waals surface area contributed by atoms with Crippen LogP contribution in [0.1, 0.15) is 17.0 Å². The molecule has 3 aromatic rings. The highest BCUT2D eigenvalue weighted by Gasteiger charge is 2.30. The van der Waals surface area contributed by atoms with Crippen molar-refractivity contribution >= 4 is 12.1 Å². The average molecular weight is 375 g/mol. The van der Waals surface area contributed by atoms with Gasteiger partial charge in [0.2, 0.25) is 5.91 Å². The van der Waals surface area contributed by atoms with Crippen LogP contribution in [-0.4, -0.2) is 16.7 Å². The third-order valence-electron chi connectivity index (χ3n) is 3.88. The quantitative estimate of drug-likeness (QED) is 0.541. The second-order valence-corrected chi connectivity index (χ2v) is 5.86. The Morgan fingerprint density at radius 1 is 1.22 bits per heavy atom. The lowest BCUT2D eigenvalue weighted by Crippen LogP contribution is -2.20. The number of amides is 1. The van der Waals surface area contributed by atoms with Crippen LogP contribution >= 0.6 is 0 Å². The number of halogens is 3. The first kappa shape index (κ1) is 18.5. The van der Waals surface area contributed by atoms with Crippen molar-refractivity contribution in [3.8, 4) is 11.3 Å². The fraction of sp³-hybridized carbons (Fsp3) is 0.158. The molecule has 0 spiro atoms. The monoisotopic (exact) mass is 375 g/mol. The normalized spacial score (nSPS) is 11.9. The Morgan fingerprint density at radius 3 is 2.74 bits per heavy atom. The number of aryl methyl sites for hydroxylation is 1. The molecule has 0 radical (unpaired) electrons. The number of benzene rings is 1. The van der Waals surface area contributed by atoms with E-state index in [1.807, 2.05) is 29.9 Å². The van der Waals surface area contributed by atoms with Gasteiger partial charge < -0.3 is 8.98 Å². The van der Waals surface area contributed by atoms with Crippen molar-refractivity contribution in [1.82, 2.24) is 9.99 Å². The fourth-order valence-corrected chi connectivity index (χ4v) is 2.48. The van der Waals surface area contributed by atoms with Gasteiger partial charge in [-0.05, 0) is 36.4 Å². The molecule has 0 aliphatic carbocycles. The Bertz CT molecular complexity index is 970. The van der Waals surface area contributed by atoms with Crippen LogP contribution < -0.4 is 5.43 Å². The van der Waals surface area contributed by atoms with Crippen molar-refractivity contribution < 1.29 is 22.4 Å². The third kappa shape index (κ3) is 4.66. The van der Waals surface area contributed by atoms with E-state index in [2.05, 4.69) is 10.5 Å². The molecule has 0 aliphatic rings. The molecule has 0 atom stereocenters. The summed E-state index contributed by atoms with van der Waals surface area (Å²) in [5.74, 6) is 0.289. The summed E-state index contributed by atoms with van der Waals surface area (Å²) in [6.45, 7) is 0. The van der Waals surface area contributed by atoms with Crippen molar-refractivity contribution in [1.29, 1.82) is 0 Å². The zero-order valence-corrected chi connectivity index (χ0v) is 14.3. The molecule has 1 amide bonds. The summed E-state index contributed by atoms with van der Waals surface area (Å²) < 4.78 is 45.7. The highest BCUT2D eigenvalue weighted by Crippen LogP contribution is 2.32. The molecule has 5 nitrogen and oxygen atoms in total. The van der Waals surface area contributed by atoms with Gasteiger partial charge in [-0.15, -0.1) is 0 Å². The molecule has 1 N–H and O–H groups in total. The minimum atomic E-state index is -4.42. The number of carbonyl (C=O) groups is 1. The predicted molar refractivity (Wildman–Crippen MR) is 94.0 cm³/mol. The largest absolute Gasteiger partial charge is 0.455 e. The number of hydrogen-bond acceptors (Lipinski definition) is 3. The number of furan rings is 1. The summed E-state index contributed by atoms with van der Waals surface area (Å²) in [5, 5.41) is 3.81. The van der Waals surface area contributed by atoms with Gasteiger partial charge in [-0.1, -0.05) is 12.1 Å². The van der Waals surface area contributed by atoms with E-state index in [-0.39, 0.29) is 18.1 Å². The van der Waals surface area contributed by atoms with E-state index in [4.69, 9.17) is 4.42 Å². The van der Waals surface area contributed by atoms with Gasteiger partial charge in [0.25, 0.3) is 0 Å². The molecule has 1 aromatic carbocycles. The second kappa shape index (κ2) is 7.53. The number of nitrogens with zero attached hydrogens (tertiary/aromatic N) is 2. The Kier molecular flexibility index (Phi) is 5.16. The minimum absolute atomic E-state index is 0.175. The molecular formula is C19H16F3N3O2. The van der Waals surface area contributed by atoms with E-state index in [0.29, 0.717) is 11.3 Å². The number of nitrogens with one attached hydrogen (secondary N) is 1. The van der Waals surface area contributed by atoms with E-state index in [9.17, 15) is 18.0 Å². The van der Waals surface area contributed by atoms with Gasteiger partial charge in [0.1, 0.15) is 11.5 Å². The molecule has 2 heterocycles. The van der Waals surface area contributed by atoms with Crippen molar-refractivity contribution in [3.63, 3.8) is 0 Å². The third-order valence-corrected chi connectivity index (χ3v) is 3.88. The first-order chi connectivity index (χ1) is 12.8. The number of rotatable bonds is 5. The van der Waals surface area contributed by atoms with Crippen LogP contribution in [0.4, 0.5) is 13.2 Å². The van der Waals surface area contributed by atoms with Gasteiger partial charge in [-0.2, -0.15) is 18.3 Å². The average Bonchev–Trinajstić information content (AvgIpc) is 3.24. The van der Waals surface area contributed by atoms with Gasteiger partial charge >= 0.3 is 6.18 Å². The topological polar surface area (TPSA) is 59.5 Å². The minimum Gasteiger partial charge on any atom is -0.455 e. The molecule has 0 saturated heterocycles. The lowest BCUT2D eigenvalue weighted by atomic mass is 10.1. The number of hydrazone groups is 1. The molecule has 3 rings (SSSR count). The van der Waals surface area contributed by atoms with E-state index < -0.39 is 11.7 Å². The lowest BCUT2D eigenvalue weighted by molar-refractivity contribution is -0.137. The summed E-state index contributed by atoms with van der Waals surface area (Å²) in [5.41, 5.74) is 2.78. The Labute approximate surface area is 153 Å². The van der Waals surface area contributed by atoms with Crippen molar-refractivity contribution in [3.05, 3.63) is 71.7 Å². The molecule has 0 unspecified atom stereocenters. The van der Waals surface area contributed by atoms with Crippen LogP contribution in [0.3, 0.4) is 0 Å². The zero-order chi connectivity index (χ0) is 19.4. The molecule has 2 aromatic heterocycles. The molecule has 0 bridgehead atoms.